The number of rotatable bonds is 17. The summed E-state index contributed by atoms with van der Waals surface area (Å²) >= 11 is 23.5. The van der Waals surface area contributed by atoms with Crippen LogP contribution < -0.4 is 9.80 Å². The summed E-state index contributed by atoms with van der Waals surface area (Å²) in [6.07, 6.45) is 5.23. The third kappa shape index (κ3) is 9.80. The molecule has 2 heterocycles. The standard InChI is InChI=1S/C17H25Cl2N3.C15H19Cl2N3O2/c1-3-4-5-6-17-20-15-13-14(7-8-16(15)21(17)2)22(11-9-18)12-10-19;1-19-13-3-2-11(20(8-6-16)9-7-17)10-12(13)18-14(19)4-5-15(21)22/h7-8,13H,3-6,9-12H2,1-2H3;2-3,10H,4-9H2,1H3,(H,21,22). The van der Waals surface area contributed by atoms with Gasteiger partial charge in [0.25, 0.3) is 0 Å². The van der Waals surface area contributed by atoms with Gasteiger partial charge in [0.2, 0.25) is 0 Å². The summed E-state index contributed by atoms with van der Waals surface area (Å²) in [4.78, 5) is 24.4. The van der Waals surface area contributed by atoms with Crippen LogP contribution in [0.15, 0.2) is 36.4 Å². The smallest absolute Gasteiger partial charge is 0.303 e. The SMILES string of the molecule is CCCCCc1nc2cc(N(CCCl)CCCl)ccc2n1C.Cn1c(CCC(=O)O)nc2cc(N(CCCl)CCCl)ccc21. The van der Waals surface area contributed by atoms with Gasteiger partial charge in [0.05, 0.1) is 28.5 Å². The third-order valence-electron chi connectivity index (χ3n) is 7.63. The molecule has 12 heteroatoms. The van der Waals surface area contributed by atoms with E-state index in [1.165, 1.54) is 30.6 Å². The number of aliphatic carboxylic acids is 1. The number of carboxylic acid groups (broad SMARTS) is 1. The van der Waals surface area contributed by atoms with E-state index in [0.717, 1.165) is 66.3 Å². The number of imidazole rings is 2. The minimum Gasteiger partial charge on any atom is -0.481 e. The summed E-state index contributed by atoms with van der Waals surface area (Å²) in [6.45, 7) is 5.27. The molecule has 0 saturated heterocycles. The summed E-state index contributed by atoms with van der Waals surface area (Å²) in [5, 5.41) is 8.81. The molecule has 44 heavy (non-hydrogen) atoms. The monoisotopic (exact) mass is 684 g/mol. The normalized spacial score (nSPS) is 11.2. The highest BCUT2D eigenvalue weighted by Crippen LogP contribution is 2.25. The molecule has 8 nitrogen and oxygen atoms in total. The van der Waals surface area contributed by atoms with Crippen LogP contribution >= 0.6 is 46.4 Å². The van der Waals surface area contributed by atoms with E-state index >= 15 is 0 Å². The maximum atomic E-state index is 10.7. The van der Waals surface area contributed by atoms with Crippen molar-refractivity contribution < 1.29 is 9.90 Å². The molecule has 0 aliphatic heterocycles. The molecule has 0 radical (unpaired) electrons. The van der Waals surface area contributed by atoms with Crippen LogP contribution in [0.3, 0.4) is 0 Å². The van der Waals surface area contributed by atoms with Gasteiger partial charge in [-0.1, -0.05) is 19.8 Å². The van der Waals surface area contributed by atoms with E-state index in [1.807, 2.05) is 29.8 Å². The average molecular weight is 687 g/mol. The van der Waals surface area contributed by atoms with Gasteiger partial charge in [-0.25, -0.2) is 9.97 Å². The van der Waals surface area contributed by atoms with Crippen LogP contribution in [0.25, 0.3) is 22.1 Å². The van der Waals surface area contributed by atoms with Crippen LogP contribution in [0.5, 0.6) is 0 Å². The van der Waals surface area contributed by atoms with Crippen LogP contribution in [0.2, 0.25) is 0 Å². The predicted octanol–water partition coefficient (Wildman–Crippen LogP) is 7.46. The fourth-order valence-electron chi connectivity index (χ4n) is 5.22. The van der Waals surface area contributed by atoms with E-state index in [2.05, 4.69) is 51.5 Å². The van der Waals surface area contributed by atoms with Crippen LogP contribution in [-0.2, 0) is 31.7 Å². The molecule has 0 aliphatic rings. The number of nitrogens with zero attached hydrogens (tertiary/aromatic N) is 6. The van der Waals surface area contributed by atoms with Gasteiger partial charge in [0, 0.05) is 88.0 Å². The number of benzene rings is 2. The van der Waals surface area contributed by atoms with Gasteiger partial charge in [0.15, 0.2) is 0 Å². The third-order valence-corrected chi connectivity index (χ3v) is 8.30. The fraction of sp³-hybridized carbons (Fsp3) is 0.531. The Morgan fingerprint density at radius 1 is 0.727 bits per heavy atom. The largest absolute Gasteiger partial charge is 0.481 e. The molecule has 0 amide bonds. The molecule has 2 aromatic heterocycles. The molecule has 0 spiro atoms. The number of carboxylic acids is 1. The van der Waals surface area contributed by atoms with Crippen molar-refractivity contribution >= 4 is 85.8 Å². The minimum absolute atomic E-state index is 0.0780. The van der Waals surface area contributed by atoms with Gasteiger partial charge in [-0.2, -0.15) is 0 Å². The molecular weight excluding hydrogens is 642 g/mol. The summed E-state index contributed by atoms with van der Waals surface area (Å²) in [5.74, 6) is 3.38. The summed E-state index contributed by atoms with van der Waals surface area (Å²) < 4.78 is 4.15. The molecule has 2 aromatic carbocycles. The lowest BCUT2D eigenvalue weighted by atomic mass is 10.2. The summed E-state index contributed by atoms with van der Waals surface area (Å²) in [6, 6.07) is 12.5. The zero-order chi connectivity index (χ0) is 32.1. The van der Waals surface area contributed by atoms with Crippen LogP contribution in [0.4, 0.5) is 11.4 Å². The summed E-state index contributed by atoms with van der Waals surface area (Å²) in [5.41, 5.74) is 6.26. The number of unbranched alkanes of at least 4 members (excludes halogenated alkanes) is 2. The number of anilines is 2. The molecule has 0 atom stereocenters. The number of aromatic nitrogens is 4. The van der Waals surface area contributed by atoms with E-state index in [4.69, 9.17) is 56.5 Å². The predicted molar refractivity (Wildman–Crippen MR) is 188 cm³/mol. The van der Waals surface area contributed by atoms with Gasteiger partial charge in [-0.15, -0.1) is 46.4 Å². The van der Waals surface area contributed by atoms with Crippen molar-refractivity contribution in [1.29, 1.82) is 0 Å². The molecule has 4 aromatic rings. The minimum atomic E-state index is -0.817. The summed E-state index contributed by atoms with van der Waals surface area (Å²) in [7, 11) is 4.01. The molecular formula is C32H44Cl4N6O2. The Bertz CT molecular complexity index is 1460. The Kier molecular flexibility index (Phi) is 15.2. The first-order chi connectivity index (χ1) is 21.3. The maximum Gasteiger partial charge on any atom is 0.303 e. The van der Waals surface area contributed by atoms with Gasteiger partial charge in [-0.3, -0.25) is 4.79 Å². The molecule has 0 saturated carbocycles. The second kappa shape index (κ2) is 18.5. The fourth-order valence-corrected chi connectivity index (χ4v) is 6.03. The second-order valence-corrected chi connectivity index (χ2v) is 12.1. The maximum absolute atomic E-state index is 10.7. The van der Waals surface area contributed by atoms with Crippen LogP contribution in [-0.4, -0.2) is 79.9 Å². The molecule has 0 bridgehead atoms. The highest BCUT2D eigenvalue weighted by Gasteiger charge is 2.13. The van der Waals surface area contributed by atoms with E-state index in [9.17, 15) is 4.79 Å². The number of hydrogen-bond acceptors (Lipinski definition) is 5. The van der Waals surface area contributed by atoms with Crippen molar-refractivity contribution in [1.82, 2.24) is 19.1 Å². The Labute approximate surface area is 280 Å². The number of alkyl halides is 4. The van der Waals surface area contributed by atoms with Gasteiger partial charge in [-0.05, 0) is 42.8 Å². The van der Waals surface area contributed by atoms with E-state index < -0.39 is 5.97 Å². The molecule has 1 N–H and O–H groups in total. The Morgan fingerprint density at radius 2 is 1.16 bits per heavy atom. The number of fused-ring (bicyclic) bond motifs is 2. The van der Waals surface area contributed by atoms with Crippen molar-refractivity contribution in [2.75, 3.05) is 59.5 Å². The van der Waals surface area contributed by atoms with Crippen LogP contribution in [0, 0.1) is 0 Å². The number of aryl methyl sites for hydroxylation is 4. The molecule has 0 unspecified atom stereocenters. The Hall–Kier alpha value is -2.39. The Balaban J connectivity index is 0.000000240. The molecule has 242 valence electrons. The first kappa shape index (κ1) is 36.1. The highest BCUT2D eigenvalue weighted by molar-refractivity contribution is 6.19. The first-order valence-electron chi connectivity index (χ1n) is 15.1. The molecule has 0 fully saturated rings. The van der Waals surface area contributed by atoms with E-state index in [1.54, 1.807) is 0 Å². The first-order valence-corrected chi connectivity index (χ1v) is 17.3. The molecule has 0 aliphatic carbocycles. The van der Waals surface area contributed by atoms with Crippen molar-refractivity contribution in [3.63, 3.8) is 0 Å². The van der Waals surface area contributed by atoms with E-state index in [-0.39, 0.29) is 6.42 Å². The van der Waals surface area contributed by atoms with Crippen LogP contribution in [0.1, 0.15) is 44.3 Å². The highest BCUT2D eigenvalue weighted by atomic mass is 35.5. The van der Waals surface area contributed by atoms with Crippen molar-refractivity contribution in [2.24, 2.45) is 14.1 Å². The number of hydrogen-bond donors (Lipinski definition) is 1. The Morgan fingerprint density at radius 3 is 1.55 bits per heavy atom. The lowest BCUT2D eigenvalue weighted by Crippen LogP contribution is -2.27. The quantitative estimate of drug-likeness (QED) is 0.0918. The van der Waals surface area contributed by atoms with Gasteiger partial charge in [0.1, 0.15) is 11.6 Å². The van der Waals surface area contributed by atoms with Gasteiger partial charge < -0.3 is 24.0 Å². The van der Waals surface area contributed by atoms with Gasteiger partial charge >= 0.3 is 5.97 Å². The van der Waals surface area contributed by atoms with Crippen molar-refractivity contribution in [3.8, 4) is 0 Å². The topological polar surface area (TPSA) is 79.4 Å². The molecule has 4 rings (SSSR count). The van der Waals surface area contributed by atoms with Crippen molar-refractivity contribution in [3.05, 3.63) is 48.0 Å². The zero-order valence-electron chi connectivity index (χ0n) is 25.9. The lowest BCUT2D eigenvalue weighted by molar-refractivity contribution is -0.137. The zero-order valence-corrected chi connectivity index (χ0v) is 28.9. The lowest BCUT2D eigenvalue weighted by Gasteiger charge is -2.22. The second-order valence-electron chi connectivity index (χ2n) is 10.6. The average Bonchev–Trinajstić information content (AvgIpc) is 3.50. The number of halogens is 4. The van der Waals surface area contributed by atoms with E-state index in [0.29, 0.717) is 29.9 Å². The number of carbonyl (C=O) groups is 1. The van der Waals surface area contributed by atoms with Crippen molar-refractivity contribution in [2.45, 2.75) is 45.4 Å².